The number of benzene rings is 1. The van der Waals surface area contributed by atoms with Crippen molar-refractivity contribution in [2.75, 3.05) is 56.5 Å². The van der Waals surface area contributed by atoms with E-state index in [0.29, 0.717) is 28.9 Å². The third kappa shape index (κ3) is 7.46. The van der Waals surface area contributed by atoms with Crippen LogP contribution in [0.1, 0.15) is 83.8 Å². The molecule has 4 aliphatic rings. The molecule has 0 bridgehead atoms. The van der Waals surface area contributed by atoms with Crippen molar-refractivity contribution in [3.63, 3.8) is 0 Å². The fourth-order valence-corrected chi connectivity index (χ4v) is 9.02. The predicted octanol–water partition coefficient (Wildman–Crippen LogP) is 4.19. The van der Waals surface area contributed by atoms with Crippen LogP contribution in [-0.4, -0.2) is 94.6 Å². The number of hydrogen-bond donors (Lipinski definition) is 2. The molecule has 3 unspecified atom stereocenters. The fourth-order valence-electron chi connectivity index (χ4n) is 8.55. The quantitative estimate of drug-likeness (QED) is 0.356. The molecule has 51 heavy (non-hydrogen) atoms. The van der Waals surface area contributed by atoms with Gasteiger partial charge in [0.25, 0.3) is 11.5 Å². The lowest BCUT2D eigenvalue weighted by atomic mass is 9.71. The maximum atomic E-state index is 13.6. The molecule has 3 aromatic rings. The number of halogens is 1. The molecule has 1 aromatic carbocycles. The number of hydrogen-bond acceptors (Lipinski definition) is 9. The van der Waals surface area contributed by atoms with Gasteiger partial charge in [-0.15, -0.1) is 0 Å². The van der Waals surface area contributed by atoms with Crippen LogP contribution in [0.15, 0.2) is 52.0 Å². The molecule has 0 saturated carbocycles. The first-order chi connectivity index (χ1) is 24.5. The molecule has 1 spiro atoms. The van der Waals surface area contributed by atoms with Gasteiger partial charge in [-0.3, -0.25) is 24.5 Å². The molecule has 7 rings (SSSR count). The van der Waals surface area contributed by atoms with E-state index in [4.69, 9.17) is 4.98 Å². The van der Waals surface area contributed by atoms with Gasteiger partial charge in [0, 0.05) is 70.5 Å². The van der Waals surface area contributed by atoms with E-state index in [2.05, 4.69) is 66.7 Å². The molecule has 4 aliphatic heterocycles. The summed E-state index contributed by atoms with van der Waals surface area (Å²) in [6, 6.07) is 10.4. The minimum absolute atomic E-state index is 0.105. The van der Waals surface area contributed by atoms with Crippen molar-refractivity contribution in [3.05, 3.63) is 79.8 Å². The van der Waals surface area contributed by atoms with Gasteiger partial charge in [-0.05, 0) is 115 Å². The van der Waals surface area contributed by atoms with E-state index in [1.165, 1.54) is 10.2 Å². The van der Waals surface area contributed by atoms with Crippen LogP contribution < -0.4 is 21.1 Å². The Balaban J connectivity index is 0.911. The number of aromatic nitrogens is 3. The van der Waals surface area contributed by atoms with E-state index in [0.717, 1.165) is 93.9 Å². The lowest BCUT2D eigenvalue weighted by Gasteiger charge is -2.47. The van der Waals surface area contributed by atoms with Gasteiger partial charge in [0.05, 0.1) is 17.8 Å². The first-order valence-electron chi connectivity index (χ1n) is 18.1. The number of nitrogens with zero attached hydrogens (tertiary/aromatic N) is 6. The van der Waals surface area contributed by atoms with Gasteiger partial charge >= 0.3 is 0 Å². The van der Waals surface area contributed by atoms with Gasteiger partial charge in [0.15, 0.2) is 0 Å². The summed E-state index contributed by atoms with van der Waals surface area (Å²) in [7, 11) is 3.75. The highest BCUT2D eigenvalue weighted by molar-refractivity contribution is 9.10. The summed E-state index contributed by atoms with van der Waals surface area (Å²) in [6.07, 6.45) is 9.46. The van der Waals surface area contributed by atoms with Crippen molar-refractivity contribution in [1.29, 1.82) is 0 Å². The van der Waals surface area contributed by atoms with Gasteiger partial charge in [-0.25, -0.2) is 9.67 Å². The number of anilines is 2. The molecule has 0 aliphatic carbocycles. The first kappa shape index (κ1) is 35.3. The van der Waals surface area contributed by atoms with Gasteiger partial charge in [0.1, 0.15) is 10.3 Å². The fraction of sp³-hybridized carbons (Fsp3) is 0.526. The maximum absolute atomic E-state index is 13.6. The summed E-state index contributed by atoms with van der Waals surface area (Å²) >= 11 is 3.43. The number of likely N-dealkylation sites (tertiary alicyclic amines) is 2. The van der Waals surface area contributed by atoms with E-state index >= 15 is 0 Å². The van der Waals surface area contributed by atoms with Crippen LogP contribution in [0.3, 0.4) is 0 Å². The Labute approximate surface area is 307 Å². The van der Waals surface area contributed by atoms with E-state index < -0.39 is 0 Å². The number of piperidine rings is 4. The molecule has 12 nitrogen and oxygen atoms in total. The van der Waals surface area contributed by atoms with Crippen molar-refractivity contribution in [1.82, 2.24) is 29.9 Å². The number of carbonyl (C=O) groups is 3. The molecular weight excluding hydrogens is 712 g/mol. The van der Waals surface area contributed by atoms with Gasteiger partial charge < -0.3 is 20.0 Å². The summed E-state index contributed by atoms with van der Waals surface area (Å²) in [5.74, 6) is 0.584. The minimum atomic E-state index is -0.324. The van der Waals surface area contributed by atoms with Crippen molar-refractivity contribution in [3.8, 4) is 0 Å². The Morgan fingerprint density at radius 3 is 2.37 bits per heavy atom. The van der Waals surface area contributed by atoms with Gasteiger partial charge in [-0.2, -0.15) is 5.10 Å². The summed E-state index contributed by atoms with van der Waals surface area (Å²) < 4.78 is 1.80. The average molecular weight is 760 g/mol. The van der Waals surface area contributed by atoms with Crippen LogP contribution in [0.2, 0.25) is 0 Å². The summed E-state index contributed by atoms with van der Waals surface area (Å²) in [4.78, 5) is 61.4. The third-order valence-corrected chi connectivity index (χ3v) is 12.5. The average Bonchev–Trinajstić information content (AvgIpc) is 3.12. The number of carbonyl (C=O) groups excluding carboxylic acids is 3. The van der Waals surface area contributed by atoms with E-state index in [9.17, 15) is 19.2 Å². The number of pyridine rings is 1. The molecule has 3 atom stereocenters. The van der Waals surface area contributed by atoms with Crippen LogP contribution in [0, 0.1) is 12.3 Å². The molecule has 2 aromatic heterocycles. The molecule has 13 heteroatoms. The van der Waals surface area contributed by atoms with Crippen molar-refractivity contribution >= 4 is 45.2 Å². The molecule has 0 radical (unpaired) electrons. The maximum Gasteiger partial charge on any atom is 0.282 e. The number of nitrogens with one attached hydrogen (secondary N) is 2. The second kappa shape index (κ2) is 14.5. The predicted molar refractivity (Wildman–Crippen MR) is 199 cm³/mol. The number of imide groups is 1. The highest BCUT2D eigenvalue weighted by atomic mass is 79.9. The highest BCUT2D eigenvalue weighted by Crippen LogP contribution is 2.42. The van der Waals surface area contributed by atoms with E-state index in [1.54, 1.807) is 13.2 Å². The largest absolute Gasteiger partial charge is 0.379 e. The Morgan fingerprint density at radius 2 is 1.69 bits per heavy atom. The zero-order valence-corrected chi connectivity index (χ0v) is 31.2. The SMILES string of the molecule is Cc1cc(N2CCC3(CCN(C(=O)c4ccc(C5CC(Nc6cnn(C)c(=O)c6Br)CN(C)C5)cc4)CC3)CC2)ncc1C1CCC(=O)NC1=O. The monoisotopic (exact) mass is 758 g/mol. The second-order valence-corrected chi connectivity index (χ2v) is 15.9. The van der Waals surface area contributed by atoms with Crippen LogP contribution in [-0.2, 0) is 16.6 Å². The van der Waals surface area contributed by atoms with Crippen molar-refractivity contribution < 1.29 is 14.4 Å². The summed E-state index contributed by atoms with van der Waals surface area (Å²) in [6.45, 7) is 7.19. The Bertz CT molecular complexity index is 1860. The highest BCUT2D eigenvalue weighted by Gasteiger charge is 2.39. The molecular formula is C38H47BrN8O4. The second-order valence-electron chi connectivity index (χ2n) is 15.1. The zero-order valence-electron chi connectivity index (χ0n) is 29.7. The smallest absolute Gasteiger partial charge is 0.282 e. The molecule has 2 N–H and O–H groups in total. The van der Waals surface area contributed by atoms with Crippen LogP contribution in [0.4, 0.5) is 11.5 Å². The number of aryl methyl sites for hydroxylation is 2. The number of rotatable bonds is 6. The van der Waals surface area contributed by atoms with E-state index in [-0.39, 0.29) is 40.7 Å². The zero-order chi connectivity index (χ0) is 35.9. The van der Waals surface area contributed by atoms with Crippen molar-refractivity contribution in [2.45, 2.75) is 69.7 Å². The van der Waals surface area contributed by atoms with Gasteiger partial charge in [0.2, 0.25) is 11.8 Å². The summed E-state index contributed by atoms with van der Waals surface area (Å²) in [5, 5.41) is 10.1. The number of likely N-dealkylation sites (N-methyl/N-ethyl adjacent to an activating group) is 1. The Kier molecular flexibility index (Phi) is 10.0. The minimum Gasteiger partial charge on any atom is -0.379 e. The van der Waals surface area contributed by atoms with E-state index in [1.807, 2.05) is 30.2 Å². The van der Waals surface area contributed by atoms with Crippen molar-refractivity contribution in [2.24, 2.45) is 12.5 Å². The van der Waals surface area contributed by atoms with Crippen LogP contribution in [0.5, 0.6) is 0 Å². The first-order valence-corrected chi connectivity index (χ1v) is 18.9. The lowest BCUT2D eigenvalue weighted by molar-refractivity contribution is -0.134. The Hall–Kier alpha value is -4.10. The normalized spacial score (nSPS) is 24.0. The molecule has 6 heterocycles. The standard InChI is InChI=1S/C38H47BrN8O4/c1-24-18-32(40-20-30(24)29-8-9-33(48)43-35(29)49)46-14-10-38(11-15-46)12-16-47(17-13-38)36(50)26-6-4-25(5-7-26)27-19-28(23-44(2)22-27)42-31-21-41-45(3)37(51)34(31)39/h4-7,18,20-21,27-29,42H,8-17,19,22-23H2,1-3H3,(H,43,48,49). The molecule has 4 saturated heterocycles. The van der Waals surface area contributed by atoms with Crippen LogP contribution >= 0.6 is 15.9 Å². The molecule has 4 fully saturated rings. The van der Waals surface area contributed by atoms with Gasteiger partial charge in [-0.1, -0.05) is 12.1 Å². The summed E-state index contributed by atoms with van der Waals surface area (Å²) in [5.41, 5.74) is 4.66. The molecule has 3 amide bonds. The Morgan fingerprint density at radius 1 is 0.980 bits per heavy atom. The lowest BCUT2D eigenvalue weighted by Crippen LogP contribution is -2.48. The van der Waals surface area contributed by atoms with Crippen LogP contribution in [0.25, 0.3) is 0 Å². The molecule has 270 valence electrons. The number of amides is 3. The topological polar surface area (TPSA) is 133 Å². The third-order valence-electron chi connectivity index (χ3n) is 11.7.